The summed E-state index contributed by atoms with van der Waals surface area (Å²) >= 11 is 0. The maximum Gasteiger partial charge on any atom is 0.341 e. The summed E-state index contributed by atoms with van der Waals surface area (Å²) in [5, 5.41) is 16.5. The molecule has 4 aliphatic rings. The number of piperidine rings is 1. The number of fused-ring (bicyclic) bond motifs is 3. The van der Waals surface area contributed by atoms with Gasteiger partial charge in [-0.1, -0.05) is 12.1 Å². The lowest BCUT2D eigenvalue weighted by Gasteiger charge is -2.40. The van der Waals surface area contributed by atoms with Gasteiger partial charge in [0.25, 0.3) is 0 Å². The fraction of sp³-hybridized carbons (Fsp3) is 0.444. The van der Waals surface area contributed by atoms with Crippen molar-refractivity contribution in [3.05, 3.63) is 59.4 Å². The van der Waals surface area contributed by atoms with Crippen LogP contribution in [0.25, 0.3) is 0 Å². The number of hydrazone groups is 1. The molecule has 36 heavy (non-hydrogen) atoms. The smallest absolute Gasteiger partial charge is 0.341 e. The fourth-order valence-corrected chi connectivity index (χ4v) is 5.79. The molecule has 0 radical (unpaired) electrons. The number of rotatable bonds is 3. The first kappa shape index (κ1) is 22.8. The van der Waals surface area contributed by atoms with Crippen LogP contribution in [0.1, 0.15) is 49.8 Å². The predicted octanol–water partition coefficient (Wildman–Crippen LogP) is 3.90. The molecule has 0 aromatic heterocycles. The number of nitrogens with zero attached hydrogens (tertiary/aromatic N) is 4. The summed E-state index contributed by atoms with van der Waals surface area (Å²) < 4.78 is 20.2. The van der Waals surface area contributed by atoms with E-state index in [1.165, 1.54) is 17.1 Å². The maximum absolute atomic E-state index is 14.2. The SMILES string of the molecule is CC(=O)N1CCC(N(C(=O)N2N=C3c4cc(F)ccc4OC[C@H]3[C@H]2c2cccc(O)c2)C2CC2)CC1. The van der Waals surface area contributed by atoms with Crippen LogP contribution in [0, 0.1) is 11.7 Å². The van der Waals surface area contributed by atoms with Gasteiger partial charge in [-0.15, -0.1) is 0 Å². The van der Waals surface area contributed by atoms with E-state index in [-0.39, 0.29) is 35.7 Å². The first-order valence-electron chi connectivity index (χ1n) is 12.6. The number of carbonyl (C=O) groups is 2. The summed E-state index contributed by atoms with van der Waals surface area (Å²) in [7, 11) is 0. The maximum atomic E-state index is 14.2. The number of aromatic hydroxyl groups is 1. The molecular formula is C27H29FN4O4. The number of phenolic OH excluding ortho intramolecular Hbond substituents is 1. The minimum absolute atomic E-state index is 0.0224. The summed E-state index contributed by atoms with van der Waals surface area (Å²) in [4.78, 5) is 29.8. The van der Waals surface area contributed by atoms with Crippen molar-refractivity contribution in [2.24, 2.45) is 11.0 Å². The molecule has 2 atom stereocenters. The molecule has 3 aliphatic heterocycles. The molecule has 0 unspecified atom stereocenters. The Morgan fingerprint density at radius 3 is 2.53 bits per heavy atom. The Morgan fingerprint density at radius 2 is 1.83 bits per heavy atom. The Kier molecular flexibility index (Phi) is 5.58. The van der Waals surface area contributed by atoms with Crippen molar-refractivity contribution < 1.29 is 23.8 Å². The standard InChI is InChI=1S/C27H29FN4O4/c1-16(33)30-11-9-20(10-12-30)31(19-6-7-19)27(35)32-26(17-3-2-4-21(34)13-17)23-15-36-24-8-5-18(28)14-22(24)25(23)29-32/h2-5,8,13-14,19-20,23,26,34H,6-7,9-12,15H2,1H3/t23-,26-/m1/s1. The normalized spacial score (nSPS) is 23.4. The highest BCUT2D eigenvalue weighted by atomic mass is 19.1. The van der Waals surface area contributed by atoms with Crippen molar-refractivity contribution in [3.8, 4) is 11.5 Å². The molecule has 2 aromatic rings. The molecule has 9 heteroatoms. The van der Waals surface area contributed by atoms with Gasteiger partial charge >= 0.3 is 6.03 Å². The van der Waals surface area contributed by atoms with Gasteiger partial charge in [0.15, 0.2) is 0 Å². The zero-order valence-corrected chi connectivity index (χ0v) is 20.1. The lowest BCUT2D eigenvalue weighted by molar-refractivity contribution is -0.130. The summed E-state index contributed by atoms with van der Waals surface area (Å²) in [5.41, 5.74) is 1.93. The van der Waals surface area contributed by atoms with Gasteiger partial charge in [-0.3, -0.25) is 4.79 Å². The molecule has 2 fully saturated rings. The van der Waals surface area contributed by atoms with Gasteiger partial charge in [0.2, 0.25) is 5.91 Å². The van der Waals surface area contributed by atoms with E-state index in [9.17, 15) is 19.1 Å². The number of urea groups is 1. The van der Waals surface area contributed by atoms with Crippen LogP contribution >= 0.6 is 0 Å². The van der Waals surface area contributed by atoms with E-state index in [4.69, 9.17) is 9.84 Å². The molecule has 6 rings (SSSR count). The van der Waals surface area contributed by atoms with Crippen LogP contribution in [0.3, 0.4) is 0 Å². The highest BCUT2D eigenvalue weighted by molar-refractivity contribution is 6.07. The number of amides is 3. The van der Waals surface area contributed by atoms with Crippen molar-refractivity contribution >= 4 is 17.6 Å². The average Bonchev–Trinajstić information content (AvgIpc) is 3.62. The number of hydrogen-bond donors (Lipinski definition) is 1. The van der Waals surface area contributed by atoms with Crippen molar-refractivity contribution in [1.82, 2.24) is 14.8 Å². The van der Waals surface area contributed by atoms with Crippen LogP contribution < -0.4 is 4.74 Å². The van der Waals surface area contributed by atoms with E-state index < -0.39 is 11.9 Å². The lowest BCUT2D eigenvalue weighted by atomic mass is 9.85. The fourth-order valence-electron chi connectivity index (χ4n) is 5.79. The second-order valence-electron chi connectivity index (χ2n) is 10.1. The van der Waals surface area contributed by atoms with Gasteiger partial charge in [0, 0.05) is 37.7 Å². The second-order valence-corrected chi connectivity index (χ2v) is 10.1. The van der Waals surface area contributed by atoms with Gasteiger partial charge in [-0.25, -0.2) is 14.2 Å². The van der Waals surface area contributed by atoms with Crippen LogP contribution in [0.4, 0.5) is 9.18 Å². The Bertz CT molecular complexity index is 1240. The first-order valence-corrected chi connectivity index (χ1v) is 12.6. The molecule has 8 nitrogen and oxygen atoms in total. The lowest BCUT2D eigenvalue weighted by Crippen LogP contribution is -2.52. The minimum atomic E-state index is -0.491. The molecule has 1 saturated carbocycles. The zero-order chi connectivity index (χ0) is 25.0. The zero-order valence-electron chi connectivity index (χ0n) is 20.1. The molecule has 0 spiro atoms. The van der Waals surface area contributed by atoms with Crippen molar-refractivity contribution in [2.45, 2.75) is 50.7 Å². The number of phenols is 1. The summed E-state index contributed by atoms with van der Waals surface area (Å²) in [6.07, 6.45) is 3.34. The van der Waals surface area contributed by atoms with E-state index in [2.05, 4.69) is 0 Å². The Balaban J connectivity index is 1.37. The summed E-state index contributed by atoms with van der Waals surface area (Å²) in [6.45, 7) is 3.13. The largest absolute Gasteiger partial charge is 0.508 e. The Labute approximate surface area is 208 Å². The van der Waals surface area contributed by atoms with Crippen molar-refractivity contribution in [1.29, 1.82) is 0 Å². The van der Waals surface area contributed by atoms with Crippen LogP contribution in [0.15, 0.2) is 47.6 Å². The van der Waals surface area contributed by atoms with E-state index >= 15 is 0 Å². The number of hydrogen-bond acceptors (Lipinski definition) is 5. The number of ether oxygens (including phenoxy) is 1. The molecule has 188 valence electrons. The van der Waals surface area contributed by atoms with Crippen LogP contribution in [0.5, 0.6) is 11.5 Å². The number of carbonyl (C=O) groups excluding carboxylic acids is 2. The van der Waals surface area contributed by atoms with Crippen molar-refractivity contribution in [3.63, 3.8) is 0 Å². The van der Waals surface area contributed by atoms with Gasteiger partial charge in [0.1, 0.15) is 17.3 Å². The molecule has 2 aromatic carbocycles. The van der Waals surface area contributed by atoms with E-state index in [1.54, 1.807) is 31.2 Å². The van der Waals surface area contributed by atoms with Crippen LogP contribution in [-0.2, 0) is 4.79 Å². The third kappa shape index (κ3) is 3.96. The van der Waals surface area contributed by atoms with E-state index in [0.29, 0.717) is 36.7 Å². The van der Waals surface area contributed by atoms with E-state index in [0.717, 1.165) is 31.2 Å². The van der Waals surface area contributed by atoms with Gasteiger partial charge in [0.05, 0.1) is 24.3 Å². The van der Waals surface area contributed by atoms with Crippen LogP contribution in [-0.4, -0.2) is 69.3 Å². The Hall–Kier alpha value is -3.62. The highest BCUT2D eigenvalue weighted by Gasteiger charge is 2.49. The van der Waals surface area contributed by atoms with Gasteiger partial charge in [-0.05, 0) is 61.6 Å². The topological polar surface area (TPSA) is 85.7 Å². The third-order valence-electron chi connectivity index (χ3n) is 7.72. The number of likely N-dealkylation sites (tertiary alicyclic amines) is 1. The molecule has 3 amide bonds. The molecule has 0 bridgehead atoms. The van der Waals surface area contributed by atoms with Crippen molar-refractivity contribution in [2.75, 3.05) is 19.7 Å². The number of halogens is 1. The van der Waals surface area contributed by atoms with Gasteiger partial charge < -0.3 is 19.6 Å². The second kappa shape index (κ2) is 8.80. The first-order chi connectivity index (χ1) is 17.4. The predicted molar refractivity (Wildman–Crippen MR) is 130 cm³/mol. The summed E-state index contributed by atoms with van der Waals surface area (Å²) in [6, 6.07) is 10.7. The molecule has 3 heterocycles. The molecule has 1 N–H and O–H groups in total. The molecular weight excluding hydrogens is 463 g/mol. The monoisotopic (exact) mass is 492 g/mol. The quantitative estimate of drug-likeness (QED) is 0.704. The summed E-state index contributed by atoms with van der Waals surface area (Å²) in [5.74, 6) is 0.0164. The van der Waals surface area contributed by atoms with E-state index in [1.807, 2.05) is 15.9 Å². The number of benzene rings is 2. The third-order valence-corrected chi connectivity index (χ3v) is 7.72. The van der Waals surface area contributed by atoms with Gasteiger partial charge in [-0.2, -0.15) is 5.10 Å². The Morgan fingerprint density at radius 1 is 1.08 bits per heavy atom. The molecule has 1 saturated heterocycles. The van der Waals surface area contributed by atoms with Crippen LogP contribution in [0.2, 0.25) is 0 Å². The minimum Gasteiger partial charge on any atom is -0.508 e. The molecule has 1 aliphatic carbocycles. The average molecular weight is 493 g/mol. The highest BCUT2D eigenvalue weighted by Crippen LogP contribution is 2.45.